The molecule has 1 amide bonds. The molecule has 2 fully saturated rings. The van der Waals surface area contributed by atoms with Crippen LogP contribution in [0.25, 0.3) is 0 Å². The molecule has 182 valence electrons. The summed E-state index contributed by atoms with van der Waals surface area (Å²) in [5.41, 5.74) is 0.0507. The summed E-state index contributed by atoms with van der Waals surface area (Å²) in [5.74, 6) is 0.490. The fourth-order valence-electron chi connectivity index (χ4n) is 5.19. The summed E-state index contributed by atoms with van der Waals surface area (Å²) in [6.45, 7) is 8.26. The third kappa shape index (κ3) is 6.84. The molecular weight excluding hydrogens is 439 g/mol. The van der Waals surface area contributed by atoms with Gasteiger partial charge in [-0.05, 0) is 82.6 Å². The van der Waals surface area contributed by atoms with Gasteiger partial charge >= 0.3 is 6.18 Å². The van der Waals surface area contributed by atoms with Crippen LogP contribution in [0.1, 0.15) is 57.1 Å². The first kappa shape index (κ1) is 26.9. The van der Waals surface area contributed by atoms with Gasteiger partial charge in [-0.3, -0.25) is 9.69 Å². The van der Waals surface area contributed by atoms with Crippen molar-refractivity contribution in [2.24, 2.45) is 5.92 Å². The van der Waals surface area contributed by atoms with Gasteiger partial charge in [-0.15, -0.1) is 12.4 Å². The van der Waals surface area contributed by atoms with Gasteiger partial charge in [-0.1, -0.05) is 25.1 Å². The highest BCUT2D eigenvalue weighted by Crippen LogP contribution is 2.31. The first-order valence-corrected chi connectivity index (χ1v) is 11.7. The molecule has 0 aromatic heterocycles. The average molecular weight is 476 g/mol. The number of carbonyl (C=O) groups excluding carboxylic acids is 1. The Morgan fingerprint density at radius 2 is 1.84 bits per heavy atom. The molecule has 2 atom stereocenters. The molecule has 0 bridgehead atoms. The largest absolute Gasteiger partial charge is 0.416 e. The van der Waals surface area contributed by atoms with Crippen LogP contribution < -0.4 is 5.32 Å². The molecule has 2 unspecified atom stereocenters. The number of carbonyl (C=O) groups is 1. The second-order valence-corrected chi connectivity index (χ2v) is 9.00. The van der Waals surface area contributed by atoms with Crippen LogP contribution in [0.3, 0.4) is 0 Å². The van der Waals surface area contributed by atoms with E-state index in [0.29, 0.717) is 18.5 Å². The SMILES string of the molecule is CCN(C(C)Cc1cccc(C(F)(F)F)c1)C(C(=O)N1CCCCC1)C1CCNCC1.Cl. The van der Waals surface area contributed by atoms with E-state index in [2.05, 4.69) is 17.1 Å². The minimum Gasteiger partial charge on any atom is -0.341 e. The number of likely N-dealkylation sites (N-methyl/N-ethyl adjacent to an activating group) is 1. The average Bonchev–Trinajstić information content (AvgIpc) is 2.77. The highest BCUT2D eigenvalue weighted by molar-refractivity contribution is 5.85. The zero-order chi connectivity index (χ0) is 22.4. The Morgan fingerprint density at radius 1 is 1.19 bits per heavy atom. The number of alkyl halides is 3. The Kier molecular flexibility index (Phi) is 10.3. The Bertz CT molecular complexity index is 719. The number of nitrogens with one attached hydrogen (secondary N) is 1. The van der Waals surface area contributed by atoms with E-state index < -0.39 is 11.7 Å². The van der Waals surface area contributed by atoms with Gasteiger partial charge in [0, 0.05) is 19.1 Å². The Labute approximate surface area is 196 Å². The lowest BCUT2D eigenvalue weighted by Gasteiger charge is -2.43. The number of benzene rings is 1. The number of rotatable bonds is 7. The van der Waals surface area contributed by atoms with Crippen LogP contribution in [-0.4, -0.2) is 60.5 Å². The van der Waals surface area contributed by atoms with E-state index in [9.17, 15) is 18.0 Å². The minimum absolute atomic E-state index is 0. The predicted molar refractivity (Wildman–Crippen MR) is 124 cm³/mol. The molecule has 0 radical (unpaired) electrons. The number of nitrogens with zero attached hydrogens (tertiary/aromatic N) is 2. The maximum atomic E-state index is 13.7. The summed E-state index contributed by atoms with van der Waals surface area (Å²) in [6, 6.07) is 5.36. The number of likely N-dealkylation sites (tertiary alicyclic amines) is 1. The number of halogens is 4. The Morgan fingerprint density at radius 3 is 2.44 bits per heavy atom. The van der Waals surface area contributed by atoms with Crippen molar-refractivity contribution in [3.8, 4) is 0 Å². The van der Waals surface area contributed by atoms with Gasteiger partial charge in [0.25, 0.3) is 0 Å². The topological polar surface area (TPSA) is 35.6 Å². The normalized spacial score (nSPS) is 20.0. The molecule has 8 heteroatoms. The second-order valence-electron chi connectivity index (χ2n) is 9.00. The van der Waals surface area contributed by atoms with Crippen LogP contribution in [0.5, 0.6) is 0 Å². The highest BCUT2D eigenvalue weighted by atomic mass is 35.5. The summed E-state index contributed by atoms with van der Waals surface area (Å²) >= 11 is 0. The molecule has 2 aliphatic heterocycles. The first-order valence-electron chi connectivity index (χ1n) is 11.7. The van der Waals surface area contributed by atoms with Crippen molar-refractivity contribution in [3.05, 3.63) is 35.4 Å². The van der Waals surface area contributed by atoms with Gasteiger partial charge in [0.1, 0.15) is 0 Å². The van der Waals surface area contributed by atoms with Crippen LogP contribution in [0.15, 0.2) is 24.3 Å². The van der Waals surface area contributed by atoms with Crippen LogP contribution in [-0.2, 0) is 17.4 Å². The van der Waals surface area contributed by atoms with Crippen LogP contribution >= 0.6 is 12.4 Å². The molecule has 0 spiro atoms. The van der Waals surface area contributed by atoms with Crippen LogP contribution in [0.2, 0.25) is 0 Å². The monoisotopic (exact) mass is 475 g/mol. The fourth-order valence-corrected chi connectivity index (χ4v) is 5.19. The lowest BCUT2D eigenvalue weighted by Crippen LogP contribution is -2.57. The maximum absolute atomic E-state index is 13.7. The second kappa shape index (κ2) is 12.2. The summed E-state index contributed by atoms with van der Waals surface area (Å²) in [4.78, 5) is 17.9. The molecule has 2 heterocycles. The van der Waals surface area contributed by atoms with Crippen molar-refractivity contribution in [2.45, 2.75) is 70.6 Å². The molecule has 0 aliphatic carbocycles. The maximum Gasteiger partial charge on any atom is 0.416 e. The van der Waals surface area contributed by atoms with Gasteiger partial charge in [-0.25, -0.2) is 0 Å². The van der Waals surface area contributed by atoms with E-state index in [-0.39, 0.29) is 36.3 Å². The van der Waals surface area contributed by atoms with Gasteiger partial charge in [-0.2, -0.15) is 13.2 Å². The predicted octanol–water partition coefficient (Wildman–Crippen LogP) is 4.76. The Hall–Kier alpha value is -1.31. The molecule has 1 N–H and O–H groups in total. The number of hydrogen-bond donors (Lipinski definition) is 1. The molecule has 2 saturated heterocycles. The van der Waals surface area contributed by atoms with Gasteiger partial charge in [0.2, 0.25) is 5.91 Å². The molecule has 1 aromatic rings. The third-order valence-electron chi connectivity index (χ3n) is 6.83. The molecule has 3 rings (SSSR count). The molecule has 2 aliphatic rings. The number of piperidine rings is 2. The van der Waals surface area contributed by atoms with Crippen molar-refractivity contribution in [3.63, 3.8) is 0 Å². The zero-order valence-corrected chi connectivity index (χ0v) is 20.0. The van der Waals surface area contributed by atoms with Gasteiger partial charge in [0.05, 0.1) is 11.6 Å². The van der Waals surface area contributed by atoms with E-state index in [1.165, 1.54) is 18.6 Å². The summed E-state index contributed by atoms with van der Waals surface area (Å²) in [7, 11) is 0. The van der Waals surface area contributed by atoms with Crippen molar-refractivity contribution >= 4 is 18.3 Å². The lowest BCUT2D eigenvalue weighted by molar-refractivity contribution is -0.141. The highest BCUT2D eigenvalue weighted by Gasteiger charge is 2.38. The fraction of sp³-hybridized carbons (Fsp3) is 0.708. The van der Waals surface area contributed by atoms with E-state index in [0.717, 1.165) is 57.9 Å². The first-order chi connectivity index (χ1) is 14.8. The van der Waals surface area contributed by atoms with Crippen molar-refractivity contribution in [2.75, 3.05) is 32.7 Å². The van der Waals surface area contributed by atoms with Gasteiger partial charge < -0.3 is 10.2 Å². The summed E-state index contributed by atoms with van der Waals surface area (Å²) in [6.07, 6.45) is 1.34. The number of amides is 1. The van der Waals surface area contributed by atoms with E-state index >= 15 is 0 Å². The third-order valence-corrected chi connectivity index (χ3v) is 6.83. The Balaban J connectivity index is 0.00000363. The van der Waals surface area contributed by atoms with E-state index in [1.54, 1.807) is 6.07 Å². The molecule has 0 saturated carbocycles. The quantitative estimate of drug-likeness (QED) is 0.617. The standard InChI is InChI=1S/C24H36F3N3O.ClH/c1-3-30(18(2)16-19-8-7-9-21(17-19)24(25,26)27)22(20-10-12-28-13-11-20)23(31)29-14-5-4-6-15-29;/h7-9,17-18,20,22,28H,3-6,10-16H2,1-2H3;1H. The van der Waals surface area contributed by atoms with E-state index in [4.69, 9.17) is 0 Å². The molecular formula is C24H37ClF3N3O. The summed E-state index contributed by atoms with van der Waals surface area (Å²) in [5, 5.41) is 3.38. The van der Waals surface area contributed by atoms with Crippen LogP contribution in [0.4, 0.5) is 13.2 Å². The molecule has 32 heavy (non-hydrogen) atoms. The minimum atomic E-state index is -4.34. The lowest BCUT2D eigenvalue weighted by atomic mass is 9.86. The van der Waals surface area contributed by atoms with Gasteiger partial charge in [0.15, 0.2) is 0 Å². The van der Waals surface area contributed by atoms with E-state index in [1.807, 2.05) is 11.8 Å². The zero-order valence-electron chi connectivity index (χ0n) is 19.2. The molecule has 1 aromatic carbocycles. The van der Waals surface area contributed by atoms with Crippen LogP contribution in [0, 0.1) is 5.92 Å². The summed E-state index contributed by atoms with van der Waals surface area (Å²) < 4.78 is 39.4. The van der Waals surface area contributed by atoms with Crippen molar-refractivity contribution in [1.82, 2.24) is 15.1 Å². The van der Waals surface area contributed by atoms with Crippen molar-refractivity contribution in [1.29, 1.82) is 0 Å². The number of hydrogen-bond acceptors (Lipinski definition) is 3. The smallest absolute Gasteiger partial charge is 0.341 e. The molecule has 4 nitrogen and oxygen atoms in total. The van der Waals surface area contributed by atoms with Crippen molar-refractivity contribution < 1.29 is 18.0 Å².